The lowest BCUT2D eigenvalue weighted by Gasteiger charge is -2.28. The minimum atomic E-state index is -0.245. The smallest absolute Gasteiger partial charge is 0.249 e. The highest BCUT2D eigenvalue weighted by Crippen LogP contribution is 2.30. The lowest BCUT2D eigenvalue weighted by molar-refractivity contribution is -0.122. The molecule has 0 spiro atoms. The van der Waals surface area contributed by atoms with E-state index in [9.17, 15) is 4.79 Å². The molecule has 13 heavy (non-hydrogen) atoms. The van der Waals surface area contributed by atoms with Crippen LogP contribution in [0.3, 0.4) is 0 Å². The Morgan fingerprint density at radius 1 is 1.62 bits per heavy atom. The van der Waals surface area contributed by atoms with Crippen LogP contribution in [0.1, 0.15) is 6.42 Å². The molecule has 7 heteroatoms. The first-order chi connectivity index (χ1) is 6.24. The Hall–Kier alpha value is 0.0500. The second kappa shape index (κ2) is 5.71. The molecule has 76 valence electrons. The molecule has 1 atom stereocenters. The predicted octanol–water partition coefficient (Wildman–Crippen LogP) is -0.694. The second-order valence-electron chi connectivity index (χ2n) is 2.79. The van der Waals surface area contributed by atoms with Gasteiger partial charge in [-0.05, 0) is 6.42 Å². The number of nitrogens with one attached hydrogen (secondary N) is 1. The lowest BCUT2D eigenvalue weighted by Crippen LogP contribution is -2.50. The van der Waals surface area contributed by atoms with E-state index >= 15 is 0 Å². The van der Waals surface area contributed by atoms with Crippen LogP contribution in [-0.4, -0.2) is 35.0 Å². The summed E-state index contributed by atoms with van der Waals surface area (Å²) in [5.74, 6) is 12.5. The van der Waals surface area contributed by atoms with Crippen LogP contribution in [0, 0.1) is 0 Å². The Kier molecular flexibility index (Phi) is 4.89. The first kappa shape index (κ1) is 11.1. The van der Waals surface area contributed by atoms with Crippen LogP contribution < -0.4 is 17.1 Å². The summed E-state index contributed by atoms with van der Waals surface area (Å²) in [6.07, 6.45) is 1.03. The van der Waals surface area contributed by atoms with E-state index in [4.69, 9.17) is 11.7 Å². The number of rotatable bonds is 3. The van der Waals surface area contributed by atoms with Gasteiger partial charge in [-0.1, -0.05) is 21.6 Å². The number of nitrogens with zero attached hydrogens (tertiary/aromatic N) is 1. The second-order valence-corrected chi connectivity index (χ2v) is 5.42. The third kappa shape index (κ3) is 3.74. The van der Waals surface area contributed by atoms with E-state index in [1.807, 2.05) is 10.8 Å². The average molecular weight is 222 g/mol. The van der Waals surface area contributed by atoms with Gasteiger partial charge in [0, 0.05) is 17.5 Å². The minimum Gasteiger partial charge on any atom is -0.293 e. The average Bonchev–Trinajstić information content (AvgIpc) is 2.19. The summed E-state index contributed by atoms with van der Waals surface area (Å²) in [6.45, 7) is 0.173. The molecule has 0 aromatic heterocycles. The monoisotopic (exact) mass is 222 g/mol. The standard InChI is InChI=1S/C6H14N4OS2/c7-9-6(11)3-10(8)5-1-2-12-13-4-5/h5H,1-4,7-8H2,(H,9,11). The van der Waals surface area contributed by atoms with E-state index in [-0.39, 0.29) is 12.5 Å². The molecular formula is C6H14N4OS2. The minimum absolute atomic E-state index is 0.173. The van der Waals surface area contributed by atoms with E-state index in [0.29, 0.717) is 6.04 Å². The molecule has 1 unspecified atom stereocenters. The highest BCUT2D eigenvalue weighted by molar-refractivity contribution is 8.76. The van der Waals surface area contributed by atoms with Gasteiger partial charge < -0.3 is 0 Å². The van der Waals surface area contributed by atoms with Crippen molar-refractivity contribution in [3.63, 3.8) is 0 Å². The molecule has 5 N–H and O–H groups in total. The molecule has 0 aliphatic carbocycles. The van der Waals surface area contributed by atoms with Crippen LogP contribution in [0.15, 0.2) is 0 Å². The molecule has 1 fully saturated rings. The molecule has 1 saturated heterocycles. The summed E-state index contributed by atoms with van der Waals surface area (Å²) in [4.78, 5) is 10.9. The summed E-state index contributed by atoms with van der Waals surface area (Å²) in [7, 11) is 3.65. The van der Waals surface area contributed by atoms with Gasteiger partial charge in [-0.25, -0.2) is 10.9 Å². The SMILES string of the molecule is NNC(=O)CN(N)C1CCSSC1. The van der Waals surface area contributed by atoms with E-state index in [0.717, 1.165) is 17.9 Å². The maximum Gasteiger partial charge on any atom is 0.249 e. The first-order valence-corrected chi connectivity index (χ1v) is 6.48. The number of carbonyl (C=O) groups excluding carboxylic acids is 1. The Bertz CT molecular complexity index is 174. The van der Waals surface area contributed by atoms with E-state index in [1.165, 1.54) is 0 Å². The predicted molar refractivity (Wildman–Crippen MR) is 56.5 cm³/mol. The van der Waals surface area contributed by atoms with Gasteiger partial charge in [0.15, 0.2) is 0 Å². The van der Waals surface area contributed by atoms with Gasteiger partial charge in [-0.2, -0.15) is 0 Å². The van der Waals surface area contributed by atoms with Gasteiger partial charge in [-0.15, -0.1) is 0 Å². The summed E-state index contributed by atoms with van der Waals surface area (Å²) < 4.78 is 0. The molecule has 1 aliphatic rings. The van der Waals surface area contributed by atoms with Gasteiger partial charge in [-0.3, -0.25) is 16.1 Å². The third-order valence-corrected chi connectivity index (χ3v) is 4.33. The molecule has 1 rings (SSSR count). The van der Waals surface area contributed by atoms with Gasteiger partial charge in [0.1, 0.15) is 0 Å². The number of nitrogens with two attached hydrogens (primary N) is 2. The van der Waals surface area contributed by atoms with Gasteiger partial charge in [0.05, 0.1) is 6.54 Å². The summed E-state index contributed by atoms with van der Waals surface area (Å²) in [5.41, 5.74) is 2.06. The highest BCUT2D eigenvalue weighted by Gasteiger charge is 2.20. The largest absolute Gasteiger partial charge is 0.293 e. The Labute approximate surface area is 85.3 Å². The van der Waals surface area contributed by atoms with Crippen LogP contribution in [-0.2, 0) is 4.79 Å². The van der Waals surface area contributed by atoms with E-state index in [2.05, 4.69) is 5.43 Å². The zero-order valence-corrected chi connectivity index (χ0v) is 8.87. The number of hydrogen-bond donors (Lipinski definition) is 3. The summed E-state index contributed by atoms with van der Waals surface area (Å²) in [6, 6.07) is 0.295. The van der Waals surface area contributed by atoms with Crippen LogP contribution in [0.2, 0.25) is 0 Å². The van der Waals surface area contributed by atoms with E-state index < -0.39 is 0 Å². The third-order valence-electron chi connectivity index (χ3n) is 1.83. The number of hydrogen-bond acceptors (Lipinski definition) is 6. The fourth-order valence-electron chi connectivity index (χ4n) is 1.06. The number of carbonyl (C=O) groups is 1. The van der Waals surface area contributed by atoms with Gasteiger partial charge in [0.25, 0.3) is 0 Å². The maximum absolute atomic E-state index is 10.9. The zero-order chi connectivity index (χ0) is 9.68. The zero-order valence-electron chi connectivity index (χ0n) is 7.23. The molecule has 0 radical (unpaired) electrons. The van der Waals surface area contributed by atoms with Crippen molar-refractivity contribution in [2.45, 2.75) is 12.5 Å². The molecular weight excluding hydrogens is 208 g/mol. The van der Waals surface area contributed by atoms with Crippen molar-refractivity contribution in [3.05, 3.63) is 0 Å². The molecule has 0 aromatic carbocycles. The first-order valence-electron chi connectivity index (χ1n) is 3.99. The van der Waals surface area contributed by atoms with Gasteiger partial charge >= 0.3 is 0 Å². The molecule has 0 bridgehead atoms. The highest BCUT2D eigenvalue weighted by atomic mass is 33.1. The van der Waals surface area contributed by atoms with Crippen molar-refractivity contribution in [1.29, 1.82) is 0 Å². The van der Waals surface area contributed by atoms with Crippen molar-refractivity contribution in [2.24, 2.45) is 11.7 Å². The maximum atomic E-state index is 10.9. The number of amides is 1. The van der Waals surface area contributed by atoms with Crippen molar-refractivity contribution in [2.75, 3.05) is 18.1 Å². The number of hydrazine groups is 2. The normalized spacial score (nSPS) is 23.2. The molecule has 1 aliphatic heterocycles. The van der Waals surface area contributed by atoms with Crippen molar-refractivity contribution in [3.8, 4) is 0 Å². The molecule has 5 nitrogen and oxygen atoms in total. The van der Waals surface area contributed by atoms with Crippen LogP contribution in [0.5, 0.6) is 0 Å². The Morgan fingerprint density at radius 2 is 2.38 bits per heavy atom. The summed E-state index contributed by atoms with van der Waals surface area (Å²) in [5, 5.41) is 1.56. The Balaban J connectivity index is 2.28. The van der Waals surface area contributed by atoms with E-state index in [1.54, 1.807) is 15.8 Å². The van der Waals surface area contributed by atoms with Crippen molar-refractivity contribution >= 4 is 27.5 Å². The Morgan fingerprint density at radius 3 is 2.92 bits per heavy atom. The van der Waals surface area contributed by atoms with Crippen molar-refractivity contribution in [1.82, 2.24) is 10.4 Å². The molecule has 0 aromatic rings. The fraction of sp³-hybridized carbons (Fsp3) is 0.833. The fourth-order valence-corrected chi connectivity index (χ4v) is 3.55. The molecule has 1 amide bonds. The summed E-state index contributed by atoms with van der Waals surface area (Å²) >= 11 is 0. The van der Waals surface area contributed by atoms with Crippen LogP contribution in [0.25, 0.3) is 0 Å². The molecule has 1 heterocycles. The quantitative estimate of drug-likeness (QED) is 0.254. The van der Waals surface area contributed by atoms with Crippen LogP contribution in [0.4, 0.5) is 0 Å². The molecule has 0 saturated carbocycles. The lowest BCUT2D eigenvalue weighted by atomic mass is 10.2. The van der Waals surface area contributed by atoms with Crippen LogP contribution >= 0.6 is 21.6 Å². The topological polar surface area (TPSA) is 84.4 Å². The van der Waals surface area contributed by atoms with Gasteiger partial charge in [0.2, 0.25) is 5.91 Å². The van der Waals surface area contributed by atoms with Crippen molar-refractivity contribution < 1.29 is 4.79 Å².